The Morgan fingerprint density at radius 1 is 1.63 bits per heavy atom. The van der Waals surface area contributed by atoms with Crippen LogP contribution < -0.4 is 11.1 Å². The third kappa shape index (κ3) is 2.18. The predicted molar refractivity (Wildman–Crippen MR) is 69.1 cm³/mol. The van der Waals surface area contributed by atoms with Crippen molar-refractivity contribution in [2.75, 3.05) is 13.1 Å². The molecule has 1 spiro atoms. The van der Waals surface area contributed by atoms with Crippen molar-refractivity contribution >= 4 is 6.03 Å². The number of aromatic nitrogens is 3. The van der Waals surface area contributed by atoms with Gasteiger partial charge in [0.1, 0.15) is 5.69 Å². The maximum absolute atomic E-state index is 12.1. The molecule has 1 unspecified atom stereocenters. The Labute approximate surface area is 112 Å². The SMILES string of the molecule is Cn1cc(CNC(=O)N2CC(N)C3(CCC3)C2)nn1. The molecule has 104 valence electrons. The Kier molecular flexibility index (Phi) is 2.93. The summed E-state index contributed by atoms with van der Waals surface area (Å²) in [6.07, 6.45) is 5.34. The van der Waals surface area contributed by atoms with Gasteiger partial charge in [-0.1, -0.05) is 11.6 Å². The Hall–Kier alpha value is -1.63. The smallest absolute Gasteiger partial charge is 0.317 e. The van der Waals surface area contributed by atoms with Crippen LogP contribution in [-0.4, -0.2) is 45.1 Å². The minimum atomic E-state index is -0.0510. The number of nitrogens with two attached hydrogens (primary N) is 1. The number of carbonyl (C=O) groups is 1. The van der Waals surface area contributed by atoms with Gasteiger partial charge in [-0.25, -0.2) is 4.79 Å². The Morgan fingerprint density at radius 3 is 2.95 bits per heavy atom. The van der Waals surface area contributed by atoms with Crippen LogP contribution in [0.15, 0.2) is 6.20 Å². The van der Waals surface area contributed by atoms with E-state index in [1.807, 2.05) is 4.90 Å². The van der Waals surface area contributed by atoms with Gasteiger partial charge in [0, 0.05) is 37.8 Å². The van der Waals surface area contributed by atoms with Crippen molar-refractivity contribution in [3.63, 3.8) is 0 Å². The lowest BCUT2D eigenvalue weighted by molar-refractivity contribution is 0.125. The highest BCUT2D eigenvalue weighted by atomic mass is 16.2. The molecule has 1 aromatic rings. The minimum Gasteiger partial charge on any atom is -0.332 e. The monoisotopic (exact) mass is 264 g/mol. The molecule has 3 N–H and O–H groups in total. The maximum atomic E-state index is 12.1. The van der Waals surface area contributed by atoms with Gasteiger partial charge < -0.3 is 16.0 Å². The number of nitrogens with one attached hydrogen (secondary N) is 1. The summed E-state index contributed by atoms with van der Waals surface area (Å²) in [5.74, 6) is 0. The lowest BCUT2D eigenvalue weighted by atomic mass is 9.66. The van der Waals surface area contributed by atoms with Crippen molar-refractivity contribution in [3.05, 3.63) is 11.9 Å². The molecule has 2 heterocycles. The highest BCUT2D eigenvalue weighted by molar-refractivity contribution is 5.74. The summed E-state index contributed by atoms with van der Waals surface area (Å²) in [5, 5.41) is 10.6. The van der Waals surface area contributed by atoms with Gasteiger partial charge in [-0.2, -0.15) is 0 Å². The molecular formula is C12H20N6O. The molecule has 0 aromatic carbocycles. The van der Waals surface area contributed by atoms with Crippen LogP contribution in [0.2, 0.25) is 0 Å². The average molecular weight is 264 g/mol. The lowest BCUT2D eigenvalue weighted by Crippen LogP contribution is -2.45. The zero-order valence-electron chi connectivity index (χ0n) is 11.2. The number of amides is 2. The van der Waals surface area contributed by atoms with Crippen LogP contribution in [0.1, 0.15) is 25.0 Å². The summed E-state index contributed by atoms with van der Waals surface area (Å²) in [6.45, 7) is 1.86. The van der Waals surface area contributed by atoms with Gasteiger partial charge in [0.2, 0.25) is 0 Å². The molecule has 2 aliphatic rings. The molecular weight excluding hydrogens is 244 g/mol. The van der Waals surface area contributed by atoms with Crippen molar-refractivity contribution in [1.82, 2.24) is 25.2 Å². The summed E-state index contributed by atoms with van der Waals surface area (Å²) >= 11 is 0. The van der Waals surface area contributed by atoms with E-state index in [4.69, 9.17) is 5.73 Å². The second-order valence-corrected chi connectivity index (χ2v) is 5.75. The molecule has 0 radical (unpaired) electrons. The van der Waals surface area contributed by atoms with Gasteiger partial charge in [-0.15, -0.1) is 5.10 Å². The topological polar surface area (TPSA) is 89.1 Å². The number of rotatable bonds is 2. The van der Waals surface area contributed by atoms with E-state index in [0.717, 1.165) is 25.1 Å². The summed E-state index contributed by atoms with van der Waals surface area (Å²) in [5.41, 5.74) is 7.13. The van der Waals surface area contributed by atoms with Crippen LogP contribution in [0.5, 0.6) is 0 Å². The fourth-order valence-corrected chi connectivity index (χ4v) is 3.06. The highest BCUT2D eigenvalue weighted by Gasteiger charge is 2.49. The molecule has 7 heteroatoms. The van der Waals surface area contributed by atoms with Crippen LogP contribution in [0.25, 0.3) is 0 Å². The molecule has 1 aliphatic carbocycles. The normalized spacial score (nSPS) is 24.5. The van der Waals surface area contributed by atoms with Crippen molar-refractivity contribution in [3.8, 4) is 0 Å². The van der Waals surface area contributed by atoms with E-state index in [2.05, 4.69) is 15.6 Å². The Bertz CT molecular complexity index is 480. The number of hydrogen-bond donors (Lipinski definition) is 2. The zero-order valence-corrected chi connectivity index (χ0v) is 11.2. The van der Waals surface area contributed by atoms with Crippen molar-refractivity contribution in [2.45, 2.75) is 31.8 Å². The molecule has 1 aliphatic heterocycles. The average Bonchev–Trinajstić information content (AvgIpc) is 2.89. The first kappa shape index (κ1) is 12.4. The fraction of sp³-hybridized carbons (Fsp3) is 0.750. The van der Waals surface area contributed by atoms with E-state index in [9.17, 15) is 4.79 Å². The fourth-order valence-electron chi connectivity index (χ4n) is 3.06. The third-order valence-electron chi connectivity index (χ3n) is 4.42. The van der Waals surface area contributed by atoms with E-state index in [-0.39, 0.29) is 17.5 Å². The first-order valence-electron chi connectivity index (χ1n) is 6.73. The number of carbonyl (C=O) groups excluding carboxylic acids is 1. The molecule has 1 saturated heterocycles. The van der Waals surface area contributed by atoms with Crippen molar-refractivity contribution in [2.24, 2.45) is 18.2 Å². The third-order valence-corrected chi connectivity index (χ3v) is 4.42. The highest BCUT2D eigenvalue weighted by Crippen LogP contribution is 2.47. The lowest BCUT2D eigenvalue weighted by Gasteiger charge is -2.41. The molecule has 19 heavy (non-hydrogen) atoms. The van der Waals surface area contributed by atoms with Crippen LogP contribution in [-0.2, 0) is 13.6 Å². The molecule has 3 rings (SSSR count). The van der Waals surface area contributed by atoms with Crippen LogP contribution >= 0.6 is 0 Å². The number of aryl methyl sites for hydroxylation is 1. The van der Waals surface area contributed by atoms with E-state index in [0.29, 0.717) is 13.1 Å². The number of hydrogen-bond acceptors (Lipinski definition) is 4. The van der Waals surface area contributed by atoms with Gasteiger partial charge in [0.15, 0.2) is 0 Å². The zero-order chi connectivity index (χ0) is 13.5. The molecule has 1 aromatic heterocycles. The molecule has 2 fully saturated rings. The summed E-state index contributed by atoms with van der Waals surface area (Å²) in [4.78, 5) is 13.9. The molecule has 2 amide bonds. The van der Waals surface area contributed by atoms with Crippen LogP contribution in [0.3, 0.4) is 0 Å². The maximum Gasteiger partial charge on any atom is 0.317 e. The number of urea groups is 1. The molecule has 7 nitrogen and oxygen atoms in total. The van der Waals surface area contributed by atoms with E-state index >= 15 is 0 Å². The van der Waals surface area contributed by atoms with Crippen molar-refractivity contribution < 1.29 is 4.79 Å². The van der Waals surface area contributed by atoms with E-state index in [1.165, 1.54) is 6.42 Å². The first-order chi connectivity index (χ1) is 9.09. The number of nitrogens with zero attached hydrogens (tertiary/aromatic N) is 4. The molecule has 0 bridgehead atoms. The van der Waals surface area contributed by atoms with Crippen LogP contribution in [0.4, 0.5) is 4.79 Å². The Morgan fingerprint density at radius 2 is 2.42 bits per heavy atom. The standard InChI is InChI=1S/C12H20N6O/c1-17-6-9(15-16-17)5-14-11(19)18-7-10(13)12(8-18)3-2-4-12/h6,10H,2-5,7-8,13H2,1H3,(H,14,19). The number of likely N-dealkylation sites (tertiary alicyclic amines) is 1. The summed E-state index contributed by atoms with van der Waals surface area (Å²) in [6, 6.07) is 0.0772. The van der Waals surface area contributed by atoms with E-state index < -0.39 is 0 Å². The molecule has 1 atom stereocenters. The van der Waals surface area contributed by atoms with E-state index in [1.54, 1.807) is 17.9 Å². The molecule has 1 saturated carbocycles. The van der Waals surface area contributed by atoms with Crippen LogP contribution in [0, 0.1) is 5.41 Å². The van der Waals surface area contributed by atoms with Gasteiger partial charge in [-0.3, -0.25) is 4.68 Å². The van der Waals surface area contributed by atoms with Crippen molar-refractivity contribution in [1.29, 1.82) is 0 Å². The van der Waals surface area contributed by atoms with Gasteiger partial charge in [0.25, 0.3) is 0 Å². The predicted octanol–water partition coefficient (Wildman–Crippen LogP) is -0.162. The van der Waals surface area contributed by atoms with Gasteiger partial charge in [0.05, 0.1) is 6.54 Å². The van der Waals surface area contributed by atoms with Gasteiger partial charge >= 0.3 is 6.03 Å². The Balaban J connectivity index is 1.54. The van der Waals surface area contributed by atoms with Gasteiger partial charge in [-0.05, 0) is 12.8 Å². The summed E-state index contributed by atoms with van der Waals surface area (Å²) in [7, 11) is 1.80. The second-order valence-electron chi connectivity index (χ2n) is 5.75. The second kappa shape index (κ2) is 4.48. The minimum absolute atomic E-state index is 0.0510. The first-order valence-corrected chi connectivity index (χ1v) is 6.73. The quantitative estimate of drug-likeness (QED) is 0.776. The summed E-state index contributed by atoms with van der Waals surface area (Å²) < 4.78 is 1.62. The largest absolute Gasteiger partial charge is 0.332 e.